The second kappa shape index (κ2) is 7.99. The molecule has 1 rings (SSSR count). The van der Waals surface area contributed by atoms with E-state index in [9.17, 15) is 4.79 Å². The van der Waals surface area contributed by atoms with Gasteiger partial charge in [0.15, 0.2) is 6.61 Å². The maximum absolute atomic E-state index is 11.5. The summed E-state index contributed by atoms with van der Waals surface area (Å²) in [5.74, 6) is 0.0548. The Balaban J connectivity index is 2.45. The Labute approximate surface area is 117 Å². The van der Waals surface area contributed by atoms with E-state index in [0.29, 0.717) is 17.3 Å². The molecule has 106 valence electrons. The summed E-state index contributed by atoms with van der Waals surface area (Å²) in [4.78, 5) is 11.5. The number of hydrogen-bond acceptors (Lipinski definition) is 5. The van der Waals surface area contributed by atoms with E-state index in [1.165, 1.54) is 0 Å². The molecule has 1 atom stereocenters. The van der Waals surface area contributed by atoms with Gasteiger partial charge in [-0.3, -0.25) is 0 Å². The van der Waals surface area contributed by atoms with Crippen molar-refractivity contribution in [3.8, 4) is 5.75 Å². The quantitative estimate of drug-likeness (QED) is 0.737. The Morgan fingerprint density at radius 3 is 2.84 bits per heavy atom. The molecule has 0 saturated heterocycles. The van der Waals surface area contributed by atoms with Gasteiger partial charge in [0.1, 0.15) is 11.9 Å². The minimum atomic E-state index is -0.563. The van der Waals surface area contributed by atoms with Gasteiger partial charge in [-0.1, -0.05) is 11.6 Å². The molecular weight excluding hydrogens is 270 g/mol. The molecular formula is C13H18ClNO4. The van der Waals surface area contributed by atoms with Crippen molar-refractivity contribution < 1.29 is 19.4 Å². The van der Waals surface area contributed by atoms with Gasteiger partial charge in [-0.25, -0.2) is 4.79 Å². The number of halogens is 1. The lowest BCUT2D eigenvalue weighted by Gasteiger charge is -2.15. The summed E-state index contributed by atoms with van der Waals surface area (Å²) in [5.41, 5.74) is 0.842. The molecule has 0 aromatic heterocycles. The number of aryl methyl sites for hydroxylation is 1. The topological polar surface area (TPSA) is 67.8 Å². The minimum absolute atomic E-state index is 0.206. The lowest BCUT2D eigenvalue weighted by molar-refractivity contribution is -0.153. The number of likely N-dealkylation sites (N-methyl/N-ethyl adjacent to an activating group) is 1. The van der Waals surface area contributed by atoms with Crippen molar-refractivity contribution in [2.75, 3.05) is 26.8 Å². The van der Waals surface area contributed by atoms with Crippen LogP contribution < -0.4 is 10.1 Å². The van der Waals surface area contributed by atoms with Crippen LogP contribution in [0.1, 0.15) is 5.56 Å². The second-order valence-corrected chi connectivity index (χ2v) is 4.49. The van der Waals surface area contributed by atoms with Crippen LogP contribution in [0.5, 0.6) is 5.75 Å². The Morgan fingerprint density at radius 1 is 1.53 bits per heavy atom. The maximum atomic E-state index is 11.5. The van der Waals surface area contributed by atoms with E-state index in [-0.39, 0.29) is 13.2 Å². The average molecular weight is 288 g/mol. The SMILES string of the molecule is CNCC(CO)OC(=O)COc1ccc(Cl)cc1C. The number of carbonyl (C=O) groups is 1. The molecule has 0 radical (unpaired) electrons. The van der Waals surface area contributed by atoms with Gasteiger partial charge < -0.3 is 19.9 Å². The van der Waals surface area contributed by atoms with E-state index in [4.69, 9.17) is 26.2 Å². The monoisotopic (exact) mass is 287 g/mol. The maximum Gasteiger partial charge on any atom is 0.344 e. The highest BCUT2D eigenvalue weighted by molar-refractivity contribution is 6.30. The van der Waals surface area contributed by atoms with E-state index in [1.54, 1.807) is 25.2 Å². The highest BCUT2D eigenvalue weighted by atomic mass is 35.5. The molecule has 1 unspecified atom stereocenters. The molecule has 5 nitrogen and oxygen atoms in total. The molecule has 0 fully saturated rings. The third-order valence-electron chi connectivity index (χ3n) is 2.42. The van der Waals surface area contributed by atoms with Crippen molar-refractivity contribution in [2.24, 2.45) is 0 Å². The van der Waals surface area contributed by atoms with Crippen LogP contribution in [0.3, 0.4) is 0 Å². The fraction of sp³-hybridized carbons (Fsp3) is 0.462. The molecule has 0 aliphatic carbocycles. The number of esters is 1. The molecule has 0 bridgehead atoms. The van der Waals surface area contributed by atoms with Crippen molar-refractivity contribution >= 4 is 17.6 Å². The van der Waals surface area contributed by atoms with E-state index in [0.717, 1.165) is 5.56 Å². The van der Waals surface area contributed by atoms with Gasteiger partial charge in [0, 0.05) is 11.6 Å². The summed E-state index contributed by atoms with van der Waals surface area (Å²) in [6.07, 6.45) is -0.563. The van der Waals surface area contributed by atoms with Crippen LogP contribution in [0.15, 0.2) is 18.2 Å². The summed E-state index contributed by atoms with van der Waals surface area (Å²) in [6.45, 7) is 1.79. The van der Waals surface area contributed by atoms with Gasteiger partial charge >= 0.3 is 5.97 Å². The van der Waals surface area contributed by atoms with E-state index in [2.05, 4.69) is 5.32 Å². The zero-order chi connectivity index (χ0) is 14.3. The van der Waals surface area contributed by atoms with Crippen LogP contribution in [0.2, 0.25) is 5.02 Å². The van der Waals surface area contributed by atoms with Gasteiger partial charge in [0.2, 0.25) is 0 Å². The molecule has 1 aromatic carbocycles. The van der Waals surface area contributed by atoms with Crippen molar-refractivity contribution in [3.63, 3.8) is 0 Å². The smallest absolute Gasteiger partial charge is 0.344 e. The Morgan fingerprint density at radius 2 is 2.26 bits per heavy atom. The van der Waals surface area contributed by atoms with Crippen LogP contribution in [-0.2, 0) is 9.53 Å². The van der Waals surface area contributed by atoms with Crippen LogP contribution in [0.4, 0.5) is 0 Å². The fourth-order valence-corrected chi connectivity index (χ4v) is 1.73. The van der Waals surface area contributed by atoms with Crippen molar-refractivity contribution in [1.82, 2.24) is 5.32 Å². The first-order valence-electron chi connectivity index (χ1n) is 5.90. The number of rotatable bonds is 7. The minimum Gasteiger partial charge on any atom is -0.482 e. The number of carbonyl (C=O) groups excluding carboxylic acids is 1. The highest BCUT2D eigenvalue weighted by Crippen LogP contribution is 2.21. The summed E-state index contributed by atoms with van der Waals surface area (Å²) in [5, 5.41) is 12.4. The first-order valence-corrected chi connectivity index (χ1v) is 6.28. The molecule has 0 heterocycles. The first-order chi connectivity index (χ1) is 9.06. The zero-order valence-electron chi connectivity index (χ0n) is 11.0. The Hall–Kier alpha value is -1.30. The Kier molecular flexibility index (Phi) is 6.62. The molecule has 0 aliphatic heterocycles. The third-order valence-corrected chi connectivity index (χ3v) is 2.65. The predicted molar refractivity (Wildman–Crippen MR) is 72.6 cm³/mol. The normalized spacial score (nSPS) is 12.0. The second-order valence-electron chi connectivity index (χ2n) is 4.05. The Bertz CT molecular complexity index is 425. The molecule has 0 aliphatic rings. The number of hydrogen-bond donors (Lipinski definition) is 2. The van der Waals surface area contributed by atoms with Crippen molar-refractivity contribution in [1.29, 1.82) is 0 Å². The molecule has 0 amide bonds. The number of benzene rings is 1. The highest BCUT2D eigenvalue weighted by Gasteiger charge is 2.13. The fourth-order valence-electron chi connectivity index (χ4n) is 1.50. The van der Waals surface area contributed by atoms with Crippen molar-refractivity contribution in [2.45, 2.75) is 13.0 Å². The predicted octanol–water partition coefficient (Wildman–Crippen LogP) is 1.15. The lowest BCUT2D eigenvalue weighted by Crippen LogP contribution is -2.33. The number of ether oxygens (including phenoxy) is 2. The van der Waals surface area contributed by atoms with Crippen molar-refractivity contribution in [3.05, 3.63) is 28.8 Å². The first kappa shape index (κ1) is 15.8. The number of aliphatic hydroxyl groups is 1. The van der Waals surface area contributed by atoms with Gasteiger partial charge in [-0.2, -0.15) is 0 Å². The summed E-state index contributed by atoms with van der Waals surface area (Å²) in [6, 6.07) is 5.13. The van der Waals surface area contributed by atoms with E-state index in [1.807, 2.05) is 6.92 Å². The third kappa shape index (κ3) is 5.46. The van der Waals surface area contributed by atoms with Gasteiger partial charge in [-0.15, -0.1) is 0 Å². The largest absolute Gasteiger partial charge is 0.482 e. The summed E-state index contributed by atoms with van der Waals surface area (Å²) < 4.78 is 10.4. The number of aliphatic hydroxyl groups excluding tert-OH is 1. The molecule has 19 heavy (non-hydrogen) atoms. The lowest BCUT2D eigenvalue weighted by atomic mass is 10.2. The van der Waals surface area contributed by atoms with Crippen LogP contribution in [0.25, 0.3) is 0 Å². The standard InChI is InChI=1S/C13H18ClNO4/c1-9-5-10(14)3-4-12(9)18-8-13(17)19-11(7-16)6-15-2/h3-5,11,15-16H,6-8H2,1-2H3. The molecule has 2 N–H and O–H groups in total. The van der Waals surface area contributed by atoms with Crippen LogP contribution in [-0.4, -0.2) is 44.0 Å². The summed E-state index contributed by atoms with van der Waals surface area (Å²) in [7, 11) is 1.71. The molecule has 0 saturated carbocycles. The average Bonchev–Trinajstić information content (AvgIpc) is 2.37. The molecule has 1 aromatic rings. The van der Waals surface area contributed by atoms with Gasteiger partial charge in [0.25, 0.3) is 0 Å². The van der Waals surface area contributed by atoms with Crippen LogP contribution >= 0.6 is 11.6 Å². The van der Waals surface area contributed by atoms with Gasteiger partial charge in [-0.05, 0) is 37.7 Å². The molecule has 6 heteroatoms. The van der Waals surface area contributed by atoms with Gasteiger partial charge in [0.05, 0.1) is 6.61 Å². The van der Waals surface area contributed by atoms with E-state index < -0.39 is 12.1 Å². The number of nitrogens with one attached hydrogen (secondary N) is 1. The zero-order valence-corrected chi connectivity index (χ0v) is 11.7. The summed E-state index contributed by atoms with van der Waals surface area (Å²) >= 11 is 5.82. The molecule has 0 spiro atoms. The van der Waals surface area contributed by atoms with E-state index >= 15 is 0 Å². The van der Waals surface area contributed by atoms with Crippen LogP contribution in [0, 0.1) is 6.92 Å².